The third-order valence-electron chi connectivity index (χ3n) is 5.81. The largest absolute Gasteiger partial charge is 0.445 e. The normalized spacial score (nSPS) is 13.2. The number of nitrogens with zero attached hydrogens (tertiary/aromatic N) is 5. The van der Waals surface area contributed by atoms with Crippen molar-refractivity contribution in [3.63, 3.8) is 0 Å². The highest BCUT2D eigenvalue weighted by atomic mass is 19.1. The lowest BCUT2D eigenvalue weighted by molar-refractivity contribution is 0.0940. The molecule has 0 bridgehead atoms. The molecule has 4 aromatic rings. The van der Waals surface area contributed by atoms with Crippen molar-refractivity contribution in [3.05, 3.63) is 90.2 Å². The molecule has 1 aliphatic heterocycles. The first kappa shape index (κ1) is 24.7. The number of rotatable bonds is 7. The van der Waals surface area contributed by atoms with Gasteiger partial charge >= 0.3 is 23.9 Å². The van der Waals surface area contributed by atoms with Gasteiger partial charge in [0, 0.05) is 26.2 Å². The van der Waals surface area contributed by atoms with E-state index in [4.69, 9.17) is 9.15 Å². The Morgan fingerprint density at radius 2 is 1.71 bits per heavy atom. The number of hydrogen-bond acceptors (Lipinski definition) is 9. The number of hydrogen-bond donors (Lipinski definition) is 2. The van der Waals surface area contributed by atoms with Gasteiger partial charge in [0.2, 0.25) is 0 Å². The minimum atomic E-state index is -0.628. The Morgan fingerprint density at radius 1 is 0.947 bits per heavy atom. The van der Waals surface area contributed by atoms with Crippen molar-refractivity contribution in [3.8, 4) is 0 Å². The molecule has 12 heteroatoms. The Balaban J connectivity index is 1.10. The van der Waals surface area contributed by atoms with E-state index < -0.39 is 11.7 Å². The van der Waals surface area contributed by atoms with Crippen LogP contribution in [0.25, 0.3) is 0 Å². The molecular formula is C26H24FN7O4. The van der Waals surface area contributed by atoms with Crippen molar-refractivity contribution >= 4 is 35.2 Å². The minimum Gasteiger partial charge on any atom is -0.445 e. The molecule has 0 radical (unpaired) electrons. The molecule has 38 heavy (non-hydrogen) atoms. The second kappa shape index (κ2) is 11.4. The molecule has 0 unspecified atom stereocenters. The van der Waals surface area contributed by atoms with Crippen LogP contribution < -0.4 is 15.5 Å². The molecule has 0 atom stereocenters. The zero-order chi connectivity index (χ0) is 26.3. The molecule has 2 aromatic heterocycles. The zero-order valence-electron chi connectivity index (χ0n) is 20.2. The highest BCUT2D eigenvalue weighted by Gasteiger charge is 2.23. The van der Waals surface area contributed by atoms with Crippen molar-refractivity contribution in [2.75, 3.05) is 41.7 Å². The predicted octanol–water partition coefficient (Wildman–Crippen LogP) is 4.06. The summed E-state index contributed by atoms with van der Waals surface area (Å²) in [6.45, 7) is 2.45. The van der Waals surface area contributed by atoms with Gasteiger partial charge in [0.15, 0.2) is 0 Å². The van der Waals surface area contributed by atoms with Crippen LogP contribution in [-0.2, 0) is 11.3 Å². The number of piperazine rings is 1. The highest BCUT2D eigenvalue weighted by molar-refractivity contribution is 6.00. The predicted molar refractivity (Wildman–Crippen MR) is 137 cm³/mol. The topological polar surface area (TPSA) is 126 Å². The quantitative estimate of drug-likeness (QED) is 0.373. The van der Waals surface area contributed by atoms with Crippen LogP contribution in [0.2, 0.25) is 0 Å². The number of para-hydroxylation sites is 1. The lowest BCUT2D eigenvalue weighted by Crippen LogP contribution is -2.49. The van der Waals surface area contributed by atoms with Gasteiger partial charge in [-0.05, 0) is 29.8 Å². The summed E-state index contributed by atoms with van der Waals surface area (Å²) in [5, 5.41) is 12.7. The van der Waals surface area contributed by atoms with E-state index in [1.165, 1.54) is 18.3 Å². The van der Waals surface area contributed by atoms with Crippen LogP contribution >= 0.6 is 0 Å². The number of halogens is 1. The minimum absolute atomic E-state index is 0.114. The van der Waals surface area contributed by atoms with E-state index in [0.717, 1.165) is 11.4 Å². The molecule has 1 saturated heterocycles. The summed E-state index contributed by atoms with van der Waals surface area (Å²) < 4.78 is 24.5. The molecule has 0 saturated carbocycles. The van der Waals surface area contributed by atoms with Crippen molar-refractivity contribution < 1.29 is 23.1 Å². The molecule has 11 nitrogen and oxygen atoms in total. The molecule has 2 amide bonds. The second-order valence-electron chi connectivity index (χ2n) is 8.39. The number of ether oxygens (including phenoxy) is 1. The standard InChI is InChI=1S/C26H24FN7O4/c27-20-8-4-5-9-21(20)30-25-32-31-24(38-25)23(35)29-19-10-11-22(28-16-19)33-12-14-34(15-13-33)26(36)37-17-18-6-2-1-3-7-18/h1-11,16H,12-15,17H2,(H,29,35)(H,30,32). The van der Waals surface area contributed by atoms with Crippen LogP contribution in [0.5, 0.6) is 0 Å². The smallest absolute Gasteiger partial charge is 0.410 e. The summed E-state index contributed by atoms with van der Waals surface area (Å²) in [6, 6.07) is 18.9. The monoisotopic (exact) mass is 517 g/mol. The summed E-state index contributed by atoms with van der Waals surface area (Å²) in [4.78, 5) is 33.0. The van der Waals surface area contributed by atoms with E-state index in [1.807, 2.05) is 35.2 Å². The number of anilines is 4. The number of benzene rings is 2. The first-order valence-electron chi connectivity index (χ1n) is 11.9. The Kier molecular flexibility index (Phi) is 7.39. The average molecular weight is 518 g/mol. The number of amides is 2. The molecular weight excluding hydrogens is 493 g/mol. The maximum atomic E-state index is 13.8. The van der Waals surface area contributed by atoms with Crippen LogP contribution in [0.3, 0.4) is 0 Å². The summed E-state index contributed by atoms with van der Waals surface area (Å²) in [7, 11) is 0. The number of aromatic nitrogens is 3. The first-order chi connectivity index (χ1) is 18.5. The van der Waals surface area contributed by atoms with Crippen LogP contribution in [0.15, 0.2) is 77.3 Å². The summed E-state index contributed by atoms with van der Waals surface area (Å²) in [5.74, 6) is -0.693. The lowest BCUT2D eigenvalue weighted by atomic mass is 10.2. The number of carbonyl (C=O) groups excluding carboxylic acids is 2. The van der Waals surface area contributed by atoms with Crippen LogP contribution in [0.1, 0.15) is 16.2 Å². The summed E-state index contributed by atoms with van der Waals surface area (Å²) >= 11 is 0. The Morgan fingerprint density at radius 3 is 2.45 bits per heavy atom. The molecule has 1 fully saturated rings. The number of carbonyl (C=O) groups is 2. The van der Waals surface area contributed by atoms with Gasteiger partial charge in [0.1, 0.15) is 18.2 Å². The molecule has 0 spiro atoms. The molecule has 1 aliphatic rings. The number of nitrogens with one attached hydrogen (secondary N) is 2. The second-order valence-corrected chi connectivity index (χ2v) is 8.39. The zero-order valence-corrected chi connectivity index (χ0v) is 20.2. The lowest BCUT2D eigenvalue weighted by Gasteiger charge is -2.34. The maximum absolute atomic E-state index is 13.8. The maximum Gasteiger partial charge on any atom is 0.410 e. The number of pyridine rings is 1. The van der Waals surface area contributed by atoms with Gasteiger partial charge in [-0.1, -0.05) is 47.6 Å². The fourth-order valence-corrected chi connectivity index (χ4v) is 3.80. The van der Waals surface area contributed by atoms with Gasteiger partial charge < -0.3 is 29.6 Å². The van der Waals surface area contributed by atoms with Crippen molar-refractivity contribution in [1.82, 2.24) is 20.1 Å². The molecule has 5 rings (SSSR count). The van der Waals surface area contributed by atoms with Crippen molar-refractivity contribution in [2.24, 2.45) is 0 Å². The molecule has 3 heterocycles. The van der Waals surface area contributed by atoms with Gasteiger partial charge in [0.05, 0.1) is 17.6 Å². The van der Waals surface area contributed by atoms with Crippen LogP contribution in [0.4, 0.5) is 32.4 Å². The van der Waals surface area contributed by atoms with Gasteiger partial charge in [-0.2, -0.15) is 0 Å². The summed E-state index contributed by atoms with van der Waals surface area (Å²) in [5.41, 5.74) is 1.52. The Bertz CT molecular complexity index is 1390. The molecule has 194 valence electrons. The van der Waals surface area contributed by atoms with E-state index >= 15 is 0 Å². The first-order valence-corrected chi connectivity index (χ1v) is 11.9. The Hall–Kier alpha value is -5.00. The molecule has 0 aliphatic carbocycles. The third-order valence-corrected chi connectivity index (χ3v) is 5.81. The van der Waals surface area contributed by atoms with E-state index in [9.17, 15) is 14.0 Å². The van der Waals surface area contributed by atoms with Crippen molar-refractivity contribution in [2.45, 2.75) is 6.61 Å². The van der Waals surface area contributed by atoms with Gasteiger partial charge in [-0.3, -0.25) is 4.79 Å². The third kappa shape index (κ3) is 6.03. The van der Waals surface area contributed by atoms with E-state index in [1.54, 1.807) is 29.2 Å². The molecule has 2 aromatic carbocycles. The van der Waals surface area contributed by atoms with E-state index in [0.29, 0.717) is 31.9 Å². The van der Waals surface area contributed by atoms with Gasteiger partial charge in [0.25, 0.3) is 0 Å². The summed E-state index contributed by atoms with van der Waals surface area (Å²) in [6.07, 6.45) is 1.18. The van der Waals surface area contributed by atoms with Gasteiger partial charge in [-0.15, -0.1) is 5.10 Å². The Labute approximate surface area is 217 Å². The van der Waals surface area contributed by atoms with Gasteiger partial charge in [-0.25, -0.2) is 14.2 Å². The van der Waals surface area contributed by atoms with E-state index in [2.05, 4.69) is 25.8 Å². The van der Waals surface area contributed by atoms with Crippen LogP contribution in [-0.4, -0.2) is 58.3 Å². The van der Waals surface area contributed by atoms with Crippen molar-refractivity contribution in [1.29, 1.82) is 0 Å². The highest BCUT2D eigenvalue weighted by Crippen LogP contribution is 2.20. The van der Waals surface area contributed by atoms with Crippen LogP contribution in [0, 0.1) is 5.82 Å². The fourth-order valence-electron chi connectivity index (χ4n) is 3.80. The average Bonchev–Trinajstić information content (AvgIpc) is 3.43. The SMILES string of the molecule is O=C(Nc1ccc(N2CCN(C(=O)OCc3ccccc3)CC2)nc1)c1nnc(Nc2ccccc2F)o1. The fraction of sp³-hybridized carbons (Fsp3) is 0.192. The van der Waals surface area contributed by atoms with E-state index in [-0.39, 0.29) is 30.3 Å². The molecule has 2 N–H and O–H groups in total.